The van der Waals surface area contributed by atoms with Crippen LogP contribution in [0, 0.1) is 5.41 Å². The molecular weight excluding hydrogens is 208 g/mol. The minimum absolute atomic E-state index is 0.110. The molecule has 0 aliphatic heterocycles. The SMILES string of the molecule is CC(C)(C)CC(NN)c1ccccc1Cl. The number of hydrogen-bond donors (Lipinski definition) is 2. The summed E-state index contributed by atoms with van der Waals surface area (Å²) < 4.78 is 0. The molecule has 1 rings (SSSR count). The summed E-state index contributed by atoms with van der Waals surface area (Å²) in [5.74, 6) is 5.57. The van der Waals surface area contributed by atoms with Crippen molar-refractivity contribution in [3.63, 3.8) is 0 Å². The molecular formula is C12H19ClN2. The molecule has 1 atom stereocenters. The number of hydrogen-bond acceptors (Lipinski definition) is 2. The minimum Gasteiger partial charge on any atom is -0.271 e. The van der Waals surface area contributed by atoms with Gasteiger partial charge in [-0.3, -0.25) is 11.3 Å². The number of benzene rings is 1. The number of nitrogens with one attached hydrogen (secondary N) is 1. The number of halogens is 1. The highest BCUT2D eigenvalue weighted by atomic mass is 35.5. The number of nitrogens with two attached hydrogens (primary N) is 1. The first-order valence-electron chi connectivity index (χ1n) is 5.14. The second kappa shape index (κ2) is 4.97. The van der Waals surface area contributed by atoms with E-state index in [1.807, 2.05) is 24.3 Å². The molecule has 0 bridgehead atoms. The summed E-state index contributed by atoms with van der Waals surface area (Å²) in [6.07, 6.45) is 0.952. The zero-order valence-electron chi connectivity index (χ0n) is 9.55. The summed E-state index contributed by atoms with van der Waals surface area (Å²) in [5, 5.41) is 0.768. The van der Waals surface area contributed by atoms with Gasteiger partial charge in [0.15, 0.2) is 0 Å². The van der Waals surface area contributed by atoms with Crippen molar-refractivity contribution >= 4 is 11.6 Å². The van der Waals surface area contributed by atoms with E-state index < -0.39 is 0 Å². The van der Waals surface area contributed by atoms with Gasteiger partial charge in [-0.25, -0.2) is 0 Å². The molecule has 1 aromatic carbocycles. The standard InChI is InChI=1S/C12H19ClN2/c1-12(2,3)8-11(15-14)9-6-4-5-7-10(9)13/h4-7,11,15H,8,14H2,1-3H3. The third-order valence-corrected chi connectivity index (χ3v) is 2.64. The maximum Gasteiger partial charge on any atom is 0.0479 e. The van der Waals surface area contributed by atoms with E-state index in [9.17, 15) is 0 Å². The summed E-state index contributed by atoms with van der Waals surface area (Å²) in [6, 6.07) is 7.92. The third-order valence-electron chi connectivity index (χ3n) is 2.30. The first kappa shape index (κ1) is 12.5. The van der Waals surface area contributed by atoms with E-state index in [-0.39, 0.29) is 11.5 Å². The van der Waals surface area contributed by atoms with Gasteiger partial charge in [0, 0.05) is 11.1 Å². The molecule has 0 amide bonds. The Morgan fingerprint density at radius 2 is 1.93 bits per heavy atom. The highest BCUT2D eigenvalue weighted by Crippen LogP contribution is 2.32. The maximum absolute atomic E-state index is 6.13. The summed E-state index contributed by atoms with van der Waals surface area (Å²) in [4.78, 5) is 0. The van der Waals surface area contributed by atoms with Gasteiger partial charge in [-0.2, -0.15) is 0 Å². The predicted octanol–water partition coefficient (Wildman–Crippen LogP) is 3.28. The van der Waals surface area contributed by atoms with E-state index >= 15 is 0 Å². The molecule has 0 radical (unpaired) electrons. The van der Waals surface area contributed by atoms with Crippen molar-refractivity contribution in [1.82, 2.24) is 5.43 Å². The first-order valence-corrected chi connectivity index (χ1v) is 5.52. The van der Waals surface area contributed by atoms with E-state index in [1.54, 1.807) is 0 Å². The molecule has 0 fully saturated rings. The van der Waals surface area contributed by atoms with Crippen LogP contribution in [0.3, 0.4) is 0 Å². The molecule has 15 heavy (non-hydrogen) atoms. The van der Waals surface area contributed by atoms with Crippen LogP contribution in [0.4, 0.5) is 0 Å². The van der Waals surface area contributed by atoms with Crippen LogP contribution in [0.2, 0.25) is 5.02 Å². The van der Waals surface area contributed by atoms with Crippen molar-refractivity contribution in [3.8, 4) is 0 Å². The second-order valence-corrected chi connectivity index (χ2v) is 5.41. The zero-order chi connectivity index (χ0) is 11.5. The number of hydrazine groups is 1. The summed E-state index contributed by atoms with van der Waals surface area (Å²) >= 11 is 6.13. The average Bonchev–Trinajstić information content (AvgIpc) is 2.14. The molecule has 1 unspecified atom stereocenters. The Bertz CT molecular complexity index is 318. The topological polar surface area (TPSA) is 38.0 Å². The lowest BCUT2D eigenvalue weighted by atomic mass is 9.86. The molecule has 0 aromatic heterocycles. The Morgan fingerprint density at radius 1 is 1.33 bits per heavy atom. The molecule has 0 saturated heterocycles. The highest BCUT2D eigenvalue weighted by Gasteiger charge is 2.20. The van der Waals surface area contributed by atoms with Crippen LogP contribution in [0.5, 0.6) is 0 Å². The lowest BCUT2D eigenvalue weighted by molar-refractivity contribution is 0.313. The van der Waals surface area contributed by atoms with E-state index in [2.05, 4.69) is 26.2 Å². The van der Waals surface area contributed by atoms with Gasteiger partial charge in [-0.05, 0) is 23.5 Å². The van der Waals surface area contributed by atoms with Crippen molar-refractivity contribution in [2.75, 3.05) is 0 Å². The largest absolute Gasteiger partial charge is 0.271 e. The van der Waals surface area contributed by atoms with Gasteiger partial charge < -0.3 is 0 Å². The van der Waals surface area contributed by atoms with Crippen molar-refractivity contribution < 1.29 is 0 Å². The quantitative estimate of drug-likeness (QED) is 0.613. The maximum atomic E-state index is 6.13. The summed E-state index contributed by atoms with van der Waals surface area (Å²) in [5.41, 5.74) is 4.12. The van der Waals surface area contributed by atoms with E-state index in [0.29, 0.717) is 0 Å². The van der Waals surface area contributed by atoms with Crippen molar-refractivity contribution in [1.29, 1.82) is 0 Å². The van der Waals surface area contributed by atoms with Crippen molar-refractivity contribution in [2.24, 2.45) is 11.3 Å². The van der Waals surface area contributed by atoms with Crippen LogP contribution in [0.25, 0.3) is 0 Å². The Hall–Kier alpha value is -0.570. The molecule has 0 saturated carbocycles. The van der Waals surface area contributed by atoms with E-state index in [1.165, 1.54) is 0 Å². The van der Waals surface area contributed by atoms with Gasteiger partial charge in [0.25, 0.3) is 0 Å². The van der Waals surface area contributed by atoms with Crippen LogP contribution >= 0.6 is 11.6 Å². The van der Waals surface area contributed by atoms with Crippen LogP contribution in [-0.2, 0) is 0 Å². The monoisotopic (exact) mass is 226 g/mol. The van der Waals surface area contributed by atoms with Crippen molar-refractivity contribution in [2.45, 2.75) is 33.2 Å². The summed E-state index contributed by atoms with van der Waals surface area (Å²) in [6.45, 7) is 6.57. The van der Waals surface area contributed by atoms with E-state index in [4.69, 9.17) is 17.4 Å². The molecule has 2 nitrogen and oxygen atoms in total. The second-order valence-electron chi connectivity index (χ2n) is 5.01. The van der Waals surface area contributed by atoms with Crippen LogP contribution in [0.15, 0.2) is 24.3 Å². The normalized spacial score (nSPS) is 13.9. The summed E-state index contributed by atoms with van der Waals surface area (Å²) in [7, 11) is 0. The molecule has 0 aliphatic carbocycles. The molecule has 3 heteroatoms. The Morgan fingerprint density at radius 3 is 2.40 bits per heavy atom. The van der Waals surface area contributed by atoms with Crippen molar-refractivity contribution in [3.05, 3.63) is 34.9 Å². The lowest BCUT2D eigenvalue weighted by Gasteiger charge is -2.26. The van der Waals surface area contributed by atoms with Gasteiger partial charge in [0.05, 0.1) is 0 Å². The molecule has 84 valence electrons. The van der Waals surface area contributed by atoms with Crippen LogP contribution in [0.1, 0.15) is 38.8 Å². The van der Waals surface area contributed by atoms with E-state index in [0.717, 1.165) is 17.0 Å². The van der Waals surface area contributed by atoms with Gasteiger partial charge in [-0.1, -0.05) is 50.6 Å². The molecule has 0 heterocycles. The average molecular weight is 227 g/mol. The highest BCUT2D eigenvalue weighted by molar-refractivity contribution is 6.31. The Labute approximate surface area is 96.8 Å². The van der Waals surface area contributed by atoms with Gasteiger partial charge >= 0.3 is 0 Å². The Balaban J connectivity index is 2.88. The fraction of sp³-hybridized carbons (Fsp3) is 0.500. The molecule has 3 N–H and O–H groups in total. The lowest BCUT2D eigenvalue weighted by Crippen LogP contribution is -2.31. The Kier molecular flexibility index (Phi) is 4.14. The molecule has 0 aliphatic rings. The third kappa shape index (κ3) is 3.82. The fourth-order valence-electron chi connectivity index (χ4n) is 1.63. The van der Waals surface area contributed by atoms with Gasteiger partial charge in [-0.15, -0.1) is 0 Å². The zero-order valence-corrected chi connectivity index (χ0v) is 10.3. The molecule has 0 spiro atoms. The van der Waals surface area contributed by atoms with Gasteiger partial charge in [0.2, 0.25) is 0 Å². The number of rotatable bonds is 3. The fourth-order valence-corrected chi connectivity index (χ4v) is 1.90. The van der Waals surface area contributed by atoms with Crippen LogP contribution in [-0.4, -0.2) is 0 Å². The minimum atomic E-state index is 0.110. The smallest absolute Gasteiger partial charge is 0.0479 e. The van der Waals surface area contributed by atoms with Gasteiger partial charge in [0.1, 0.15) is 0 Å². The first-order chi connectivity index (χ1) is 6.94. The predicted molar refractivity (Wildman–Crippen MR) is 65.6 cm³/mol. The molecule has 1 aromatic rings. The van der Waals surface area contributed by atoms with Crippen LogP contribution < -0.4 is 11.3 Å².